The molecular formula is C24H25F3N4O2. The first-order valence-electron chi connectivity index (χ1n) is 10.8. The molecule has 1 aliphatic heterocycles. The third kappa shape index (κ3) is 6.66. The standard InChI is InChI=1S/C24H25F3N4O2/c25-24(26,27)33-21-9-7-19(8-10-21)22-11-12-28-23(29-22)31(20-5-2-1-3-6-20)14-4-13-30-15-17-32-18-16-30/h1-3,5-12H,4,13-18H2. The largest absolute Gasteiger partial charge is 0.573 e. The summed E-state index contributed by atoms with van der Waals surface area (Å²) in [5.74, 6) is 0.269. The number of hydrogen-bond acceptors (Lipinski definition) is 6. The molecule has 9 heteroatoms. The van der Waals surface area contributed by atoms with Gasteiger partial charge in [0.05, 0.1) is 18.9 Å². The number of para-hydroxylation sites is 1. The Morgan fingerprint density at radius 2 is 1.70 bits per heavy atom. The predicted octanol–water partition coefficient (Wildman–Crippen LogP) is 4.90. The Balaban J connectivity index is 1.51. The highest BCUT2D eigenvalue weighted by atomic mass is 19.4. The molecular weight excluding hydrogens is 433 g/mol. The molecule has 1 fully saturated rings. The highest BCUT2D eigenvalue weighted by Crippen LogP contribution is 2.28. The minimum atomic E-state index is -4.72. The van der Waals surface area contributed by atoms with Crippen LogP contribution in [0.15, 0.2) is 66.9 Å². The lowest BCUT2D eigenvalue weighted by atomic mass is 10.1. The van der Waals surface area contributed by atoms with Gasteiger partial charge in [-0.25, -0.2) is 9.97 Å². The lowest BCUT2D eigenvalue weighted by Crippen LogP contribution is -2.38. The molecule has 1 aliphatic rings. The molecule has 33 heavy (non-hydrogen) atoms. The second-order valence-electron chi connectivity index (χ2n) is 7.61. The Kier molecular flexibility index (Phi) is 7.41. The fraction of sp³-hybridized carbons (Fsp3) is 0.333. The van der Waals surface area contributed by atoms with E-state index in [1.807, 2.05) is 30.3 Å². The lowest BCUT2D eigenvalue weighted by molar-refractivity contribution is -0.274. The number of anilines is 2. The summed E-state index contributed by atoms with van der Waals surface area (Å²) in [6.07, 6.45) is -2.14. The van der Waals surface area contributed by atoms with E-state index >= 15 is 0 Å². The summed E-state index contributed by atoms with van der Waals surface area (Å²) in [4.78, 5) is 13.6. The van der Waals surface area contributed by atoms with Gasteiger partial charge in [0.2, 0.25) is 5.95 Å². The SMILES string of the molecule is FC(F)(F)Oc1ccc(-c2ccnc(N(CCCN3CCOCC3)c3ccccc3)n2)cc1. The third-order valence-corrected chi connectivity index (χ3v) is 5.30. The number of nitrogens with zero attached hydrogens (tertiary/aromatic N) is 4. The van der Waals surface area contributed by atoms with Crippen LogP contribution in [0, 0.1) is 0 Å². The van der Waals surface area contributed by atoms with Crippen molar-refractivity contribution in [2.45, 2.75) is 12.8 Å². The molecule has 0 unspecified atom stereocenters. The summed E-state index contributed by atoms with van der Waals surface area (Å²) in [5, 5.41) is 0. The van der Waals surface area contributed by atoms with Crippen molar-refractivity contribution >= 4 is 11.6 Å². The fourth-order valence-corrected chi connectivity index (χ4v) is 3.70. The Bertz CT molecular complexity index is 1010. The number of alkyl halides is 3. The van der Waals surface area contributed by atoms with Crippen LogP contribution in [-0.2, 0) is 4.74 Å². The van der Waals surface area contributed by atoms with E-state index in [9.17, 15) is 13.2 Å². The maximum absolute atomic E-state index is 12.4. The summed E-state index contributed by atoms with van der Waals surface area (Å²) < 4.78 is 46.7. The molecule has 0 aliphatic carbocycles. The van der Waals surface area contributed by atoms with Gasteiger partial charge in [0.1, 0.15) is 5.75 Å². The van der Waals surface area contributed by atoms with Gasteiger partial charge in [-0.2, -0.15) is 0 Å². The van der Waals surface area contributed by atoms with Gasteiger partial charge >= 0.3 is 6.36 Å². The molecule has 0 amide bonds. The first-order valence-corrected chi connectivity index (χ1v) is 10.8. The van der Waals surface area contributed by atoms with Gasteiger partial charge in [-0.15, -0.1) is 13.2 Å². The number of ether oxygens (including phenoxy) is 2. The lowest BCUT2D eigenvalue weighted by Gasteiger charge is -2.28. The molecule has 174 valence electrons. The van der Waals surface area contributed by atoms with Gasteiger partial charge in [-0.3, -0.25) is 4.90 Å². The van der Waals surface area contributed by atoms with Crippen LogP contribution in [0.4, 0.5) is 24.8 Å². The number of hydrogen-bond donors (Lipinski definition) is 0. The third-order valence-electron chi connectivity index (χ3n) is 5.30. The minimum Gasteiger partial charge on any atom is -0.406 e. The van der Waals surface area contributed by atoms with Gasteiger partial charge in [-0.1, -0.05) is 18.2 Å². The van der Waals surface area contributed by atoms with Crippen molar-refractivity contribution < 1.29 is 22.6 Å². The van der Waals surface area contributed by atoms with E-state index < -0.39 is 6.36 Å². The summed E-state index contributed by atoms with van der Waals surface area (Å²) >= 11 is 0. The van der Waals surface area contributed by atoms with Crippen molar-refractivity contribution in [2.24, 2.45) is 0 Å². The fourth-order valence-electron chi connectivity index (χ4n) is 3.70. The van der Waals surface area contributed by atoms with Crippen LogP contribution < -0.4 is 9.64 Å². The van der Waals surface area contributed by atoms with Gasteiger partial charge in [0.15, 0.2) is 0 Å². The quantitative estimate of drug-likeness (QED) is 0.479. The van der Waals surface area contributed by atoms with E-state index in [0.29, 0.717) is 17.2 Å². The number of halogens is 3. The molecule has 0 bridgehead atoms. The van der Waals surface area contributed by atoms with Crippen LogP contribution in [-0.4, -0.2) is 60.6 Å². The first-order chi connectivity index (χ1) is 16.0. The zero-order chi connectivity index (χ0) is 23.1. The smallest absolute Gasteiger partial charge is 0.406 e. The van der Waals surface area contributed by atoms with Crippen LogP contribution in [0.1, 0.15) is 6.42 Å². The zero-order valence-corrected chi connectivity index (χ0v) is 18.0. The summed E-state index contributed by atoms with van der Waals surface area (Å²) in [6, 6.07) is 17.3. The molecule has 2 heterocycles. The number of rotatable bonds is 8. The average molecular weight is 458 g/mol. The van der Waals surface area contributed by atoms with Crippen LogP contribution in [0.2, 0.25) is 0 Å². The van der Waals surface area contributed by atoms with E-state index in [2.05, 4.69) is 19.5 Å². The van der Waals surface area contributed by atoms with Crippen molar-refractivity contribution in [3.8, 4) is 17.0 Å². The van der Waals surface area contributed by atoms with E-state index in [0.717, 1.165) is 51.5 Å². The van der Waals surface area contributed by atoms with Crippen molar-refractivity contribution in [3.05, 3.63) is 66.9 Å². The second kappa shape index (κ2) is 10.6. The van der Waals surface area contributed by atoms with E-state index in [-0.39, 0.29) is 5.75 Å². The van der Waals surface area contributed by atoms with E-state index in [1.54, 1.807) is 24.4 Å². The predicted molar refractivity (Wildman–Crippen MR) is 119 cm³/mol. The van der Waals surface area contributed by atoms with Crippen LogP contribution in [0.3, 0.4) is 0 Å². The Labute approximate surface area is 190 Å². The van der Waals surface area contributed by atoms with Crippen molar-refractivity contribution in [3.63, 3.8) is 0 Å². The van der Waals surface area contributed by atoms with E-state index in [1.165, 1.54) is 12.1 Å². The number of aromatic nitrogens is 2. The molecule has 1 aromatic heterocycles. The molecule has 0 spiro atoms. The maximum Gasteiger partial charge on any atom is 0.573 e. The molecule has 4 rings (SSSR count). The second-order valence-corrected chi connectivity index (χ2v) is 7.61. The van der Waals surface area contributed by atoms with Crippen LogP contribution >= 0.6 is 0 Å². The van der Waals surface area contributed by atoms with Gasteiger partial charge < -0.3 is 14.4 Å². The number of benzene rings is 2. The zero-order valence-electron chi connectivity index (χ0n) is 18.0. The highest BCUT2D eigenvalue weighted by Gasteiger charge is 2.31. The van der Waals surface area contributed by atoms with Gasteiger partial charge in [0, 0.05) is 43.6 Å². The molecule has 1 saturated heterocycles. The minimum absolute atomic E-state index is 0.269. The Morgan fingerprint density at radius 1 is 0.970 bits per heavy atom. The molecule has 3 aromatic rings. The molecule has 0 atom stereocenters. The summed E-state index contributed by atoms with van der Waals surface area (Å²) in [5.41, 5.74) is 2.27. The molecule has 0 N–H and O–H groups in total. The van der Waals surface area contributed by atoms with Crippen LogP contribution in [0.25, 0.3) is 11.3 Å². The molecule has 0 saturated carbocycles. The van der Waals surface area contributed by atoms with E-state index in [4.69, 9.17) is 9.72 Å². The summed E-state index contributed by atoms with van der Waals surface area (Å²) in [7, 11) is 0. The highest BCUT2D eigenvalue weighted by molar-refractivity contribution is 5.64. The van der Waals surface area contributed by atoms with Crippen molar-refractivity contribution in [1.82, 2.24) is 14.9 Å². The first kappa shape index (κ1) is 23.0. The normalized spacial score (nSPS) is 14.8. The average Bonchev–Trinajstić information content (AvgIpc) is 2.83. The Morgan fingerprint density at radius 3 is 2.39 bits per heavy atom. The van der Waals surface area contributed by atoms with Crippen LogP contribution in [0.5, 0.6) is 5.75 Å². The number of morpholine rings is 1. The molecule has 6 nitrogen and oxygen atoms in total. The topological polar surface area (TPSA) is 50.7 Å². The molecule has 2 aromatic carbocycles. The van der Waals surface area contributed by atoms with Gasteiger partial charge in [-0.05, 0) is 48.9 Å². The Hall–Kier alpha value is -3.17. The van der Waals surface area contributed by atoms with Crippen molar-refractivity contribution in [1.29, 1.82) is 0 Å². The van der Waals surface area contributed by atoms with Gasteiger partial charge in [0.25, 0.3) is 0 Å². The van der Waals surface area contributed by atoms with Crippen molar-refractivity contribution in [2.75, 3.05) is 44.3 Å². The maximum atomic E-state index is 12.4. The molecule has 0 radical (unpaired) electrons. The summed E-state index contributed by atoms with van der Waals surface area (Å²) in [6.45, 7) is 5.08. The monoisotopic (exact) mass is 458 g/mol.